The first-order valence-electron chi connectivity index (χ1n) is 8.83. The van der Waals surface area contributed by atoms with Gasteiger partial charge in [0.1, 0.15) is 0 Å². The molecule has 1 saturated carbocycles. The summed E-state index contributed by atoms with van der Waals surface area (Å²) < 4.78 is 6.14. The zero-order chi connectivity index (χ0) is 16.9. The lowest BCUT2D eigenvalue weighted by Crippen LogP contribution is -2.46. The Balaban J connectivity index is 1.66. The van der Waals surface area contributed by atoms with E-state index in [-0.39, 0.29) is 30.5 Å². The van der Waals surface area contributed by atoms with Crippen molar-refractivity contribution in [1.29, 1.82) is 0 Å². The van der Waals surface area contributed by atoms with Crippen molar-refractivity contribution in [3.8, 4) is 0 Å². The Hall–Kier alpha value is -1.88. The Bertz CT molecular complexity index is 571. The van der Waals surface area contributed by atoms with Crippen LogP contribution < -0.4 is 5.32 Å². The van der Waals surface area contributed by atoms with E-state index < -0.39 is 0 Å². The van der Waals surface area contributed by atoms with Crippen LogP contribution in [-0.4, -0.2) is 48.6 Å². The maximum atomic E-state index is 12.5. The number of nitrogens with one attached hydrogen (secondary N) is 1. The standard InChI is InChI=1S/C19H26N2O3/c1-14(22)20-12-19(23)21-10-9-18(24-13-16-7-8-16)17(21)11-15-5-3-2-4-6-15/h2-6,16-18H,7-13H2,1H3,(H,20,22)/t17-,18-/m0/s1. The van der Waals surface area contributed by atoms with Crippen molar-refractivity contribution in [1.82, 2.24) is 10.2 Å². The average molecular weight is 330 g/mol. The van der Waals surface area contributed by atoms with Crippen LogP contribution in [0, 0.1) is 5.92 Å². The van der Waals surface area contributed by atoms with E-state index in [1.54, 1.807) is 0 Å². The molecule has 1 aromatic rings. The van der Waals surface area contributed by atoms with Crippen LogP contribution in [0.15, 0.2) is 30.3 Å². The summed E-state index contributed by atoms with van der Waals surface area (Å²) in [7, 11) is 0. The van der Waals surface area contributed by atoms with E-state index in [2.05, 4.69) is 17.4 Å². The topological polar surface area (TPSA) is 58.6 Å². The molecule has 3 rings (SSSR count). The number of hydrogen-bond acceptors (Lipinski definition) is 3. The van der Waals surface area contributed by atoms with Crippen LogP contribution in [0.1, 0.15) is 31.7 Å². The van der Waals surface area contributed by atoms with Crippen LogP contribution >= 0.6 is 0 Å². The third-order valence-electron chi connectivity index (χ3n) is 4.82. The molecule has 2 aliphatic rings. The van der Waals surface area contributed by atoms with Gasteiger partial charge >= 0.3 is 0 Å². The van der Waals surface area contributed by atoms with E-state index >= 15 is 0 Å². The summed E-state index contributed by atoms with van der Waals surface area (Å²) in [6.45, 7) is 3.01. The lowest BCUT2D eigenvalue weighted by atomic mass is 10.0. The molecule has 1 N–H and O–H groups in total. The van der Waals surface area contributed by atoms with Crippen LogP contribution in [-0.2, 0) is 20.7 Å². The summed E-state index contributed by atoms with van der Waals surface area (Å²) in [5.74, 6) is 0.513. The molecule has 0 bridgehead atoms. The van der Waals surface area contributed by atoms with Crippen LogP contribution in [0.25, 0.3) is 0 Å². The smallest absolute Gasteiger partial charge is 0.242 e. The highest BCUT2D eigenvalue weighted by Gasteiger charge is 2.38. The van der Waals surface area contributed by atoms with E-state index in [0.717, 1.165) is 19.4 Å². The quantitative estimate of drug-likeness (QED) is 0.829. The molecule has 0 radical (unpaired) electrons. The number of amides is 2. The number of ether oxygens (including phenoxy) is 1. The number of carbonyl (C=O) groups excluding carboxylic acids is 2. The van der Waals surface area contributed by atoms with E-state index in [9.17, 15) is 9.59 Å². The molecule has 1 aromatic carbocycles. The Morgan fingerprint density at radius 1 is 1.21 bits per heavy atom. The van der Waals surface area contributed by atoms with Crippen LogP contribution in [0.4, 0.5) is 0 Å². The van der Waals surface area contributed by atoms with Crippen molar-refractivity contribution in [3.05, 3.63) is 35.9 Å². The SMILES string of the molecule is CC(=O)NCC(=O)N1CC[C@H](OCC2CC2)[C@@H]1Cc1ccccc1. The molecule has 2 atom stereocenters. The van der Waals surface area contributed by atoms with Gasteiger partial charge in [-0.05, 0) is 37.2 Å². The second-order valence-corrected chi connectivity index (χ2v) is 6.86. The van der Waals surface area contributed by atoms with E-state index in [4.69, 9.17) is 4.74 Å². The van der Waals surface area contributed by atoms with Gasteiger partial charge in [-0.2, -0.15) is 0 Å². The minimum atomic E-state index is -0.177. The number of likely N-dealkylation sites (tertiary alicyclic amines) is 1. The lowest BCUT2D eigenvalue weighted by molar-refractivity contribution is -0.134. The average Bonchev–Trinajstić information content (AvgIpc) is 3.33. The first kappa shape index (κ1) is 17.0. The van der Waals surface area contributed by atoms with Crippen LogP contribution in [0.2, 0.25) is 0 Å². The maximum absolute atomic E-state index is 12.5. The molecular weight excluding hydrogens is 304 g/mol. The summed E-state index contributed by atoms with van der Waals surface area (Å²) in [5.41, 5.74) is 1.21. The van der Waals surface area contributed by atoms with Crippen molar-refractivity contribution in [2.45, 2.75) is 44.8 Å². The normalized spacial score (nSPS) is 23.3. The Morgan fingerprint density at radius 3 is 2.62 bits per heavy atom. The van der Waals surface area contributed by atoms with E-state index in [1.165, 1.54) is 25.3 Å². The number of carbonyl (C=O) groups is 2. The van der Waals surface area contributed by atoms with Gasteiger partial charge < -0.3 is 15.0 Å². The second kappa shape index (κ2) is 7.79. The first-order valence-corrected chi connectivity index (χ1v) is 8.83. The fourth-order valence-corrected chi connectivity index (χ4v) is 3.27. The van der Waals surface area contributed by atoms with E-state index in [1.807, 2.05) is 23.1 Å². The van der Waals surface area contributed by atoms with Gasteiger partial charge in [-0.1, -0.05) is 30.3 Å². The molecule has 0 aromatic heterocycles. The minimum Gasteiger partial charge on any atom is -0.376 e. The van der Waals surface area contributed by atoms with Gasteiger partial charge in [-0.15, -0.1) is 0 Å². The summed E-state index contributed by atoms with van der Waals surface area (Å²) in [5, 5.41) is 2.61. The molecule has 1 aliphatic carbocycles. The Kier molecular flexibility index (Phi) is 5.51. The molecule has 24 heavy (non-hydrogen) atoms. The predicted molar refractivity (Wildman–Crippen MR) is 91.4 cm³/mol. The van der Waals surface area contributed by atoms with Crippen LogP contribution in [0.3, 0.4) is 0 Å². The summed E-state index contributed by atoms with van der Waals surface area (Å²) in [6, 6.07) is 10.3. The first-order chi connectivity index (χ1) is 11.6. The highest BCUT2D eigenvalue weighted by atomic mass is 16.5. The maximum Gasteiger partial charge on any atom is 0.242 e. The van der Waals surface area contributed by atoms with Crippen molar-refractivity contribution in [3.63, 3.8) is 0 Å². The third kappa shape index (κ3) is 4.57. The largest absolute Gasteiger partial charge is 0.376 e. The van der Waals surface area contributed by atoms with Gasteiger partial charge in [0, 0.05) is 20.1 Å². The molecule has 1 saturated heterocycles. The zero-order valence-corrected chi connectivity index (χ0v) is 14.2. The molecule has 130 valence electrons. The fourth-order valence-electron chi connectivity index (χ4n) is 3.27. The lowest BCUT2D eigenvalue weighted by Gasteiger charge is -2.28. The van der Waals surface area contributed by atoms with Gasteiger partial charge in [0.15, 0.2) is 0 Å². The highest BCUT2D eigenvalue weighted by Crippen LogP contribution is 2.31. The van der Waals surface area contributed by atoms with Gasteiger partial charge in [-0.3, -0.25) is 9.59 Å². The predicted octanol–water partition coefficient (Wildman–Crippen LogP) is 1.76. The third-order valence-corrected chi connectivity index (χ3v) is 4.82. The molecular formula is C19H26N2O3. The molecule has 0 unspecified atom stereocenters. The minimum absolute atomic E-state index is 0.0244. The molecule has 2 amide bonds. The molecule has 1 heterocycles. The molecule has 2 fully saturated rings. The summed E-state index contributed by atoms with van der Waals surface area (Å²) in [6.07, 6.45) is 4.28. The number of hydrogen-bond donors (Lipinski definition) is 1. The van der Waals surface area contributed by atoms with Crippen molar-refractivity contribution in [2.75, 3.05) is 19.7 Å². The van der Waals surface area contributed by atoms with Crippen LogP contribution in [0.5, 0.6) is 0 Å². The molecule has 5 nitrogen and oxygen atoms in total. The van der Waals surface area contributed by atoms with Gasteiger partial charge in [0.2, 0.25) is 11.8 Å². The molecule has 0 spiro atoms. The highest BCUT2D eigenvalue weighted by molar-refractivity contribution is 5.84. The number of benzene rings is 1. The fraction of sp³-hybridized carbons (Fsp3) is 0.579. The number of nitrogens with zero attached hydrogens (tertiary/aromatic N) is 1. The Morgan fingerprint density at radius 2 is 1.96 bits per heavy atom. The molecule has 5 heteroatoms. The van der Waals surface area contributed by atoms with E-state index in [0.29, 0.717) is 12.5 Å². The second-order valence-electron chi connectivity index (χ2n) is 6.86. The number of rotatable bonds is 7. The Labute approximate surface area is 143 Å². The van der Waals surface area contributed by atoms with Crippen molar-refractivity contribution in [2.24, 2.45) is 5.92 Å². The van der Waals surface area contributed by atoms with Gasteiger partial charge in [0.05, 0.1) is 18.7 Å². The molecule has 1 aliphatic heterocycles. The van der Waals surface area contributed by atoms with Gasteiger partial charge in [0.25, 0.3) is 0 Å². The van der Waals surface area contributed by atoms with Gasteiger partial charge in [-0.25, -0.2) is 0 Å². The monoisotopic (exact) mass is 330 g/mol. The van der Waals surface area contributed by atoms with Crippen molar-refractivity contribution < 1.29 is 14.3 Å². The van der Waals surface area contributed by atoms with Crippen molar-refractivity contribution >= 4 is 11.8 Å². The summed E-state index contributed by atoms with van der Waals surface area (Å²) in [4.78, 5) is 25.5. The summed E-state index contributed by atoms with van der Waals surface area (Å²) >= 11 is 0. The zero-order valence-electron chi connectivity index (χ0n) is 14.2.